The number of rotatable bonds is 11. The van der Waals surface area contributed by atoms with E-state index in [1.807, 2.05) is 6.92 Å². The molecule has 208 valence electrons. The maximum absolute atomic E-state index is 13.5. The second-order valence-electron chi connectivity index (χ2n) is 8.52. The van der Waals surface area contributed by atoms with Crippen LogP contribution in [0.3, 0.4) is 0 Å². The van der Waals surface area contributed by atoms with E-state index in [0.717, 1.165) is 0 Å². The Kier molecular flexibility index (Phi) is 9.31. The van der Waals surface area contributed by atoms with Crippen LogP contribution in [0.4, 0.5) is 5.69 Å². The van der Waals surface area contributed by atoms with Gasteiger partial charge < -0.3 is 23.9 Å². The maximum atomic E-state index is 13.5. The predicted octanol–water partition coefficient (Wildman–Crippen LogP) is 4.62. The second-order valence-corrected chi connectivity index (χ2v) is 8.96. The van der Waals surface area contributed by atoms with Gasteiger partial charge in [-0.25, -0.2) is 4.79 Å². The highest BCUT2D eigenvalue weighted by atomic mass is 35.5. The van der Waals surface area contributed by atoms with Crippen molar-refractivity contribution in [3.8, 4) is 28.3 Å². The first kappa shape index (κ1) is 28.5. The molecule has 2 aromatic carbocycles. The van der Waals surface area contributed by atoms with E-state index in [4.69, 9.17) is 30.2 Å². The summed E-state index contributed by atoms with van der Waals surface area (Å²) in [6.07, 6.45) is 2.91. The minimum Gasteiger partial charge on any atom is -0.492 e. The van der Waals surface area contributed by atoms with Gasteiger partial charge >= 0.3 is 5.97 Å². The third-order valence-corrected chi connectivity index (χ3v) is 6.25. The van der Waals surface area contributed by atoms with Crippen molar-refractivity contribution in [1.82, 2.24) is 14.8 Å². The van der Waals surface area contributed by atoms with E-state index in [1.54, 1.807) is 30.3 Å². The van der Waals surface area contributed by atoms with Crippen molar-refractivity contribution >= 4 is 29.2 Å². The molecule has 0 aliphatic heterocycles. The van der Waals surface area contributed by atoms with Crippen LogP contribution in [0.25, 0.3) is 22.6 Å². The van der Waals surface area contributed by atoms with E-state index in [9.17, 15) is 14.4 Å². The van der Waals surface area contributed by atoms with Crippen LogP contribution in [0.15, 0.2) is 70.3 Å². The largest absolute Gasteiger partial charge is 0.492 e. The summed E-state index contributed by atoms with van der Waals surface area (Å²) in [5.74, 6) is -0.348. The first-order valence-corrected chi connectivity index (χ1v) is 12.7. The maximum Gasteiger partial charge on any atom is 0.337 e. The summed E-state index contributed by atoms with van der Waals surface area (Å²) < 4.78 is 22.5. The number of halogens is 1. The molecule has 0 aliphatic rings. The molecular formula is C28H27ClN4O7. The monoisotopic (exact) mass is 566 g/mol. The number of anilines is 1. The van der Waals surface area contributed by atoms with E-state index in [2.05, 4.69) is 15.5 Å². The summed E-state index contributed by atoms with van der Waals surface area (Å²) in [6, 6.07) is 11.7. The van der Waals surface area contributed by atoms with E-state index >= 15 is 0 Å². The van der Waals surface area contributed by atoms with Gasteiger partial charge in [-0.1, -0.05) is 11.6 Å². The highest BCUT2D eigenvalue weighted by Crippen LogP contribution is 2.38. The minimum atomic E-state index is -0.934. The fourth-order valence-electron chi connectivity index (χ4n) is 4.13. The number of nitrogens with zero attached hydrogens (tertiary/aromatic N) is 3. The van der Waals surface area contributed by atoms with Crippen LogP contribution < -0.4 is 15.6 Å². The number of carbonyl (C=O) groups is 2. The Morgan fingerprint density at radius 3 is 2.50 bits per heavy atom. The Labute approximate surface area is 234 Å². The number of esters is 1. The molecule has 40 heavy (non-hydrogen) atoms. The van der Waals surface area contributed by atoms with Gasteiger partial charge in [-0.05, 0) is 55.0 Å². The quantitative estimate of drug-likeness (QED) is 0.258. The van der Waals surface area contributed by atoms with Crippen LogP contribution >= 0.6 is 11.6 Å². The average molecular weight is 567 g/mol. The highest BCUT2D eigenvalue weighted by molar-refractivity contribution is 6.31. The van der Waals surface area contributed by atoms with E-state index in [0.29, 0.717) is 45.3 Å². The Bertz CT molecular complexity index is 1540. The molecule has 12 heteroatoms. The Balaban J connectivity index is 1.74. The van der Waals surface area contributed by atoms with E-state index < -0.39 is 23.5 Å². The fourth-order valence-corrected chi connectivity index (χ4v) is 4.30. The first-order chi connectivity index (χ1) is 19.4. The Morgan fingerprint density at radius 1 is 1.07 bits per heavy atom. The summed E-state index contributed by atoms with van der Waals surface area (Å²) in [7, 11) is 2.80. The number of hydrogen-bond donors (Lipinski definition) is 1. The number of amides is 1. The van der Waals surface area contributed by atoms with Gasteiger partial charge in [0, 0.05) is 48.0 Å². The van der Waals surface area contributed by atoms with Gasteiger partial charge in [0.05, 0.1) is 25.5 Å². The van der Waals surface area contributed by atoms with E-state index in [1.165, 1.54) is 49.6 Å². The van der Waals surface area contributed by atoms with Crippen molar-refractivity contribution in [2.24, 2.45) is 0 Å². The number of nitrogens with one attached hydrogen (secondary N) is 1. The lowest BCUT2D eigenvalue weighted by Crippen LogP contribution is -2.34. The molecule has 0 radical (unpaired) electrons. The molecule has 0 aliphatic carbocycles. The van der Waals surface area contributed by atoms with Crippen LogP contribution in [-0.2, 0) is 14.3 Å². The highest BCUT2D eigenvalue weighted by Gasteiger charge is 2.25. The molecule has 11 nitrogen and oxygen atoms in total. The number of ether oxygens (including phenoxy) is 3. The topological polar surface area (TPSA) is 135 Å². The number of methoxy groups -OCH3 is 2. The van der Waals surface area contributed by atoms with Crippen LogP contribution in [-0.4, -0.2) is 54.1 Å². The minimum absolute atomic E-state index is 0.206. The molecule has 1 N–H and O–H groups in total. The smallest absolute Gasteiger partial charge is 0.337 e. The lowest BCUT2D eigenvalue weighted by molar-refractivity contribution is -0.119. The van der Waals surface area contributed by atoms with Crippen molar-refractivity contribution < 1.29 is 28.2 Å². The van der Waals surface area contributed by atoms with Gasteiger partial charge in [0.1, 0.15) is 11.8 Å². The Hall–Kier alpha value is -4.48. The van der Waals surface area contributed by atoms with Crippen LogP contribution in [0.2, 0.25) is 5.02 Å². The molecule has 4 rings (SSSR count). The Morgan fingerprint density at radius 2 is 1.85 bits per heavy atom. The summed E-state index contributed by atoms with van der Waals surface area (Å²) in [6.45, 7) is 2.32. The number of hydrogen-bond acceptors (Lipinski definition) is 9. The molecule has 4 aromatic rings. The molecule has 0 saturated heterocycles. The lowest BCUT2D eigenvalue weighted by Gasteiger charge is -2.22. The zero-order valence-corrected chi connectivity index (χ0v) is 22.8. The summed E-state index contributed by atoms with van der Waals surface area (Å²) >= 11 is 6.31. The lowest BCUT2D eigenvalue weighted by atomic mass is 9.99. The zero-order chi connectivity index (χ0) is 28.6. The van der Waals surface area contributed by atoms with Gasteiger partial charge in [0.15, 0.2) is 0 Å². The molecule has 0 saturated carbocycles. The summed E-state index contributed by atoms with van der Waals surface area (Å²) in [4.78, 5) is 38.7. The van der Waals surface area contributed by atoms with Crippen molar-refractivity contribution in [2.75, 3.05) is 32.8 Å². The molecule has 0 bridgehead atoms. The second kappa shape index (κ2) is 13.0. The van der Waals surface area contributed by atoms with Crippen molar-refractivity contribution in [3.05, 3.63) is 82.1 Å². The molecular weight excluding hydrogens is 540 g/mol. The number of aromatic nitrogens is 3. The third-order valence-electron chi connectivity index (χ3n) is 6.01. The average Bonchev–Trinajstić information content (AvgIpc) is 3.49. The van der Waals surface area contributed by atoms with Gasteiger partial charge in [-0.2, -0.15) is 0 Å². The number of pyridine rings is 1. The number of carbonyl (C=O) groups excluding carboxylic acids is 2. The molecule has 1 atom stereocenters. The molecule has 1 unspecified atom stereocenters. The van der Waals surface area contributed by atoms with Crippen LogP contribution in [0.1, 0.15) is 29.7 Å². The van der Waals surface area contributed by atoms with Crippen LogP contribution in [0, 0.1) is 0 Å². The van der Waals surface area contributed by atoms with Gasteiger partial charge in [-0.15, -0.1) is 10.2 Å². The molecule has 0 fully saturated rings. The summed E-state index contributed by atoms with van der Waals surface area (Å²) in [5.41, 5.74) is 1.89. The molecule has 0 spiro atoms. The molecule has 2 heterocycles. The van der Waals surface area contributed by atoms with E-state index in [-0.39, 0.29) is 18.9 Å². The van der Waals surface area contributed by atoms with Crippen molar-refractivity contribution in [3.63, 3.8) is 0 Å². The third kappa shape index (κ3) is 6.38. The first-order valence-electron chi connectivity index (χ1n) is 12.3. The van der Waals surface area contributed by atoms with Gasteiger partial charge in [0.2, 0.25) is 18.2 Å². The predicted molar refractivity (Wildman–Crippen MR) is 148 cm³/mol. The SMILES string of the molecule is CCOc1cn(C(CCOC)C(=O)Nc2ccc(C(=O)OC)cc2)c(=O)cc1-c1cc(Cl)ccc1-c1nnco1. The van der Waals surface area contributed by atoms with Crippen molar-refractivity contribution in [2.45, 2.75) is 19.4 Å². The van der Waals surface area contributed by atoms with Crippen LogP contribution in [0.5, 0.6) is 5.75 Å². The van der Waals surface area contributed by atoms with Crippen molar-refractivity contribution in [1.29, 1.82) is 0 Å². The standard InChI is InChI=1S/C28H27ClN4O7/c1-4-39-24-15-33(23(11-12-37-2)26(35)31-19-8-5-17(6-9-19)28(36)38-3)25(34)14-22(24)21-13-18(29)7-10-20(21)27-32-30-16-40-27/h5-10,13-16,23H,4,11-12H2,1-3H3,(H,31,35). The number of benzene rings is 2. The van der Waals surface area contributed by atoms with Gasteiger partial charge in [0.25, 0.3) is 5.56 Å². The summed E-state index contributed by atoms with van der Waals surface area (Å²) in [5, 5.41) is 11.0. The van der Waals surface area contributed by atoms with Gasteiger partial charge in [-0.3, -0.25) is 14.2 Å². The fraction of sp³-hybridized carbons (Fsp3) is 0.250. The zero-order valence-electron chi connectivity index (χ0n) is 22.0. The normalized spacial score (nSPS) is 11.6. The molecule has 2 aromatic heterocycles. The molecule has 1 amide bonds.